The van der Waals surface area contributed by atoms with E-state index in [1.54, 1.807) is 6.07 Å². The highest BCUT2D eigenvalue weighted by Crippen LogP contribution is 2.33. The molecule has 0 spiro atoms. The molecule has 0 fully saturated rings. The first-order valence-corrected chi connectivity index (χ1v) is 6.53. The van der Waals surface area contributed by atoms with Crippen LogP contribution in [-0.4, -0.2) is 13.6 Å². The molecule has 17 heavy (non-hydrogen) atoms. The Balaban J connectivity index is 2.92. The highest BCUT2D eigenvalue weighted by Gasteiger charge is 2.26. The molecule has 0 amide bonds. The van der Waals surface area contributed by atoms with Gasteiger partial charge in [0.05, 0.1) is 0 Å². The van der Waals surface area contributed by atoms with Gasteiger partial charge in [-0.25, -0.2) is 4.39 Å². The number of hydrogen-bond donors (Lipinski definition) is 1. The van der Waals surface area contributed by atoms with Gasteiger partial charge in [0.1, 0.15) is 5.82 Å². The first kappa shape index (κ1) is 14.5. The first-order valence-electron chi connectivity index (χ1n) is 6.15. The van der Waals surface area contributed by atoms with Crippen molar-refractivity contribution in [2.45, 2.75) is 33.1 Å². The fourth-order valence-electron chi connectivity index (χ4n) is 2.26. The Morgan fingerprint density at radius 2 is 1.94 bits per heavy atom. The third-order valence-electron chi connectivity index (χ3n) is 3.63. The van der Waals surface area contributed by atoms with Crippen LogP contribution in [0.3, 0.4) is 0 Å². The average Bonchev–Trinajstić information content (AvgIpc) is 2.32. The minimum Gasteiger partial charge on any atom is -0.319 e. The molecule has 0 aliphatic carbocycles. The van der Waals surface area contributed by atoms with Crippen LogP contribution in [0.5, 0.6) is 0 Å². The lowest BCUT2D eigenvalue weighted by atomic mass is 9.77. The predicted molar refractivity (Wildman–Crippen MR) is 72.1 cm³/mol. The van der Waals surface area contributed by atoms with Crippen LogP contribution in [0, 0.1) is 11.2 Å². The molecule has 1 N–H and O–H groups in total. The van der Waals surface area contributed by atoms with E-state index < -0.39 is 0 Å². The van der Waals surface area contributed by atoms with Crippen LogP contribution in [0.15, 0.2) is 18.2 Å². The minimum atomic E-state index is -0.272. The second kappa shape index (κ2) is 6.36. The molecule has 1 aromatic rings. The zero-order chi connectivity index (χ0) is 12.9. The molecular formula is C14H21ClFN. The summed E-state index contributed by atoms with van der Waals surface area (Å²) in [4.78, 5) is 0. The van der Waals surface area contributed by atoms with E-state index in [4.69, 9.17) is 11.6 Å². The summed E-state index contributed by atoms with van der Waals surface area (Å²) in [7, 11) is 1.96. The molecule has 0 aromatic heterocycles. The number of rotatable bonds is 6. The van der Waals surface area contributed by atoms with Crippen LogP contribution in [0.1, 0.15) is 32.3 Å². The van der Waals surface area contributed by atoms with Crippen LogP contribution in [-0.2, 0) is 6.42 Å². The summed E-state index contributed by atoms with van der Waals surface area (Å²) in [6, 6.07) is 4.68. The van der Waals surface area contributed by atoms with Gasteiger partial charge >= 0.3 is 0 Å². The van der Waals surface area contributed by atoms with Crippen LogP contribution in [0.2, 0.25) is 5.02 Å². The van der Waals surface area contributed by atoms with E-state index in [-0.39, 0.29) is 11.2 Å². The standard InChI is InChI=1S/C14H21ClFN/c1-4-14(5-2,10-17-3)9-11-6-7-12(16)8-13(11)15/h6-8,17H,4-5,9-10H2,1-3H3. The molecule has 0 aliphatic rings. The summed E-state index contributed by atoms with van der Waals surface area (Å²) in [5.74, 6) is -0.272. The van der Waals surface area contributed by atoms with Crippen molar-refractivity contribution in [2.75, 3.05) is 13.6 Å². The first-order chi connectivity index (χ1) is 8.06. The summed E-state index contributed by atoms with van der Waals surface area (Å²) >= 11 is 6.09. The summed E-state index contributed by atoms with van der Waals surface area (Å²) < 4.78 is 13.0. The van der Waals surface area contributed by atoms with E-state index in [0.717, 1.165) is 31.4 Å². The van der Waals surface area contributed by atoms with Crippen LogP contribution < -0.4 is 5.32 Å². The zero-order valence-corrected chi connectivity index (χ0v) is 11.6. The van der Waals surface area contributed by atoms with Gasteiger partial charge in [-0.2, -0.15) is 0 Å². The van der Waals surface area contributed by atoms with Crippen LogP contribution in [0.25, 0.3) is 0 Å². The Hall–Kier alpha value is -0.600. The molecule has 1 nitrogen and oxygen atoms in total. The lowest BCUT2D eigenvalue weighted by Crippen LogP contribution is -2.33. The average molecular weight is 258 g/mol. The van der Waals surface area contributed by atoms with Gasteiger partial charge in [0, 0.05) is 11.6 Å². The van der Waals surface area contributed by atoms with E-state index in [9.17, 15) is 4.39 Å². The highest BCUT2D eigenvalue weighted by atomic mass is 35.5. The predicted octanol–water partition coefficient (Wildman–Crippen LogP) is 4.05. The molecule has 0 bridgehead atoms. The Morgan fingerprint density at radius 1 is 1.29 bits per heavy atom. The normalized spacial score (nSPS) is 11.8. The zero-order valence-electron chi connectivity index (χ0n) is 10.8. The Bertz CT molecular complexity index is 361. The number of halogens is 2. The van der Waals surface area contributed by atoms with Gasteiger partial charge < -0.3 is 5.32 Å². The number of hydrogen-bond acceptors (Lipinski definition) is 1. The summed E-state index contributed by atoms with van der Waals surface area (Å²) in [6.45, 7) is 5.34. The smallest absolute Gasteiger partial charge is 0.124 e. The second-order valence-corrected chi connectivity index (χ2v) is 5.06. The SMILES string of the molecule is CCC(CC)(CNC)Cc1ccc(F)cc1Cl. The van der Waals surface area contributed by atoms with Gasteiger partial charge in [-0.3, -0.25) is 0 Å². The fraction of sp³-hybridized carbons (Fsp3) is 0.571. The fourth-order valence-corrected chi connectivity index (χ4v) is 2.49. The summed E-state index contributed by atoms with van der Waals surface area (Å²) in [5, 5.41) is 3.78. The molecule has 1 rings (SSSR count). The molecule has 96 valence electrons. The third kappa shape index (κ3) is 3.68. The molecule has 0 saturated carbocycles. The summed E-state index contributed by atoms with van der Waals surface area (Å²) in [5.41, 5.74) is 1.24. The maximum absolute atomic E-state index is 13.0. The number of benzene rings is 1. The molecule has 1 aromatic carbocycles. The lowest BCUT2D eigenvalue weighted by Gasteiger charge is -2.32. The van der Waals surface area contributed by atoms with Gasteiger partial charge in [0.2, 0.25) is 0 Å². The molecule has 0 aliphatic heterocycles. The molecule has 0 radical (unpaired) electrons. The van der Waals surface area contributed by atoms with Gasteiger partial charge in [0.15, 0.2) is 0 Å². The Labute approximate surface area is 108 Å². The largest absolute Gasteiger partial charge is 0.319 e. The monoisotopic (exact) mass is 257 g/mol. The molecule has 0 unspecified atom stereocenters. The van der Waals surface area contributed by atoms with Gasteiger partial charge in [-0.1, -0.05) is 31.5 Å². The summed E-state index contributed by atoms with van der Waals surface area (Å²) in [6.07, 6.45) is 3.05. The van der Waals surface area contributed by atoms with Crippen molar-refractivity contribution in [2.24, 2.45) is 5.41 Å². The van der Waals surface area contributed by atoms with E-state index >= 15 is 0 Å². The second-order valence-electron chi connectivity index (χ2n) is 4.65. The van der Waals surface area contributed by atoms with E-state index in [2.05, 4.69) is 19.2 Å². The van der Waals surface area contributed by atoms with Crippen molar-refractivity contribution in [1.29, 1.82) is 0 Å². The van der Waals surface area contributed by atoms with Gasteiger partial charge in [-0.05, 0) is 49.4 Å². The van der Waals surface area contributed by atoms with Crippen molar-refractivity contribution in [3.63, 3.8) is 0 Å². The number of nitrogens with one attached hydrogen (secondary N) is 1. The third-order valence-corrected chi connectivity index (χ3v) is 3.98. The van der Waals surface area contributed by atoms with Gasteiger partial charge in [0.25, 0.3) is 0 Å². The molecule has 3 heteroatoms. The van der Waals surface area contributed by atoms with E-state index in [0.29, 0.717) is 5.02 Å². The maximum Gasteiger partial charge on any atom is 0.124 e. The molecule has 0 atom stereocenters. The van der Waals surface area contributed by atoms with Crippen molar-refractivity contribution in [3.05, 3.63) is 34.6 Å². The lowest BCUT2D eigenvalue weighted by molar-refractivity contribution is 0.253. The van der Waals surface area contributed by atoms with E-state index in [1.165, 1.54) is 12.1 Å². The van der Waals surface area contributed by atoms with Crippen molar-refractivity contribution in [3.8, 4) is 0 Å². The molecular weight excluding hydrogens is 237 g/mol. The van der Waals surface area contributed by atoms with Crippen LogP contribution in [0.4, 0.5) is 4.39 Å². The quantitative estimate of drug-likeness (QED) is 0.811. The minimum absolute atomic E-state index is 0.205. The van der Waals surface area contributed by atoms with Crippen LogP contribution >= 0.6 is 11.6 Å². The van der Waals surface area contributed by atoms with Crippen molar-refractivity contribution < 1.29 is 4.39 Å². The maximum atomic E-state index is 13.0. The van der Waals surface area contributed by atoms with Crippen molar-refractivity contribution in [1.82, 2.24) is 5.32 Å². The van der Waals surface area contributed by atoms with E-state index in [1.807, 2.05) is 7.05 Å². The molecule has 0 saturated heterocycles. The Morgan fingerprint density at radius 3 is 2.41 bits per heavy atom. The molecule has 0 heterocycles. The van der Waals surface area contributed by atoms with Crippen molar-refractivity contribution >= 4 is 11.6 Å². The topological polar surface area (TPSA) is 12.0 Å². The van der Waals surface area contributed by atoms with Gasteiger partial charge in [-0.15, -0.1) is 0 Å². The Kier molecular flexibility index (Phi) is 5.41. The highest BCUT2D eigenvalue weighted by molar-refractivity contribution is 6.31.